The SMILES string of the molecule is O=S(=O)(O)c1cc2cccc(O)c2cc1S(=O)(=O)O. The molecular formula is C10H8O7S2. The van der Waals surface area contributed by atoms with Crippen LogP contribution >= 0.6 is 0 Å². The van der Waals surface area contributed by atoms with Gasteiger partial charge >= 0.3 is 0 Å². The molecule has 0 spiro atoms. The van der Waals surface area contributed by atoms with E-state index in [1.807, 2.05) is 0 Å². The highest BCUT2D eigenvalue weighted by Crippen LogP contribution is 2.31. The smallest absolute Gasteiger partial charge is 0.295 e. The Kier molecular flexibility index (Phi) is 3.01. The highest BCUT2D eigenvalue weighted by molar-refractivity contribution is 7.89. The van der Waals surface area contributed by atoms with Gasteiger partial charge < -0.3 is 5.11 Å². The van der Waals surface area contributed by atoms with Gasteiger partial charge in [-0.2, -0.15) is 16.8 Å². The second-order valence-electron chi connectivity index (χ2n) is 3.75. The van der Waals surface area contributed by atoms with Crippen molar-refractivity contribution in [2.24, 2.45) is 0 Å². The van der Waals surface area contributed by atoms with Crippen LogP contribution in [0.2, 0.25) is 0 Å². The summed E-state index contributed by atoms with van der Waals surface area (Å²) in [6.07, 6.45) is 0. The minimum Gasteiger partial charge on any atom is -0.507 e. The summed E-state index contributed by atoms with van der Waals surface area (Å²) in [5.74, 6) is -0.288. The maximum Gasteiger partial charge on any atom is 0.295 e. The molecule has 9 heteroatoms. The Hall–Kier alpha value is -1.68. The molecule has 2 aromatic carbocycles. The number of hydrogen-bond donors (Lipinski definition) is 3. The molecule has 0 aliphatic rings. The number of fused-ring (bicyclic) bond motifs is 1. The van der Waals surface area contributed by atoms with Gasteiger partial charge in [0.2, 0.25) is 0 Å². The summed E-state index contributed by atoms with van der Waals surface area (Å²) < 4.78 is 62.6. The van der Waals surface area contributed by atoms with Gasteiger partial charge in [-0.1, -0.05) is 12.1 Å². The molecule has 0 bridgehead atoms. The quantitative estimate of drug-likeness (QED) is 0.707. The van der Waals surface area contributed by atoms with E-state index in [0.29, 0.717) is 0 Å². The van der Waals surface area contributed by atoms with Crippen molar-refractivity contribution in [3.05, 3.63) is 30.3 Å². The molecule has 0 fully saturated rings. The van der Waals surface area contributed by atoms with E-state index in [1.165, 1.54) is 18.2 Å². The van der Waals surface area contributed by atoms with Crippen molar-refractivity contribution < 1.29 is 31.0 Å². The zero-order valence-corrected chi connectivity index (χ0v) is 10.8. The maximum absolute atomic E-state index is 11.2. The van der Waals surface area contributed by atoms with Gasteiger partial charge in [0.1, 0.15) is 15.5 Å². The van der Waals surface area contributed by atoms with Crippen LogP contribution in [0.4, 0.5) is 0 Å². The van der Waals surface area contributed by atoms with Crippen LogP contribution in [0.25, 0.3) is 10.8 Å². The predicted octanol–water partition coefficient (Wildman–Crippen LogP) is 1.04. The molecule has 0 aliphatic carbocycles. The molecule has 2 aromatic rings. The van der Waals surface area contributed by atoms with Gasteiger partial charge in [-0.15, -0.1) is 0 Å². The number of rotatable bonds is 2. The molecule has 0 unspecified atom stereocenters. The maximum atomic E-state index is 11.2. The molecular weight excluding hydrogens is 296 g/mol. The van der Waals surface area contributed by atoms with Crippen molar-refractivity contribution in [2.75, 3.05) is 0 Å². The van der Waals surface area contributed by atoms with E-state index in [4.69, 9.17) is 9.11 Å². The van der Waals surface area contributed by atoms with E-state index in [2.05, 4.69) is 0 Å². The van der Waals surface area contributed by atoms with Crippen LogP contribution < -0.4 is 0 Å². The molecule has 0 aliphatic heterocycles. The summed E-state index contributed by atoms with van der Waals surface area (Å²) in [5.41, 5.74) is 0. The van der Waals surface area contributed by atoms with Crippen LogP contribution in [0.5, 0.6) is 5.75 Å². The van der Waals surface area contributed by atoms with E-state index in [9.17, 15) is 21.9 Å². The Labute approximate surface area is 108 Å². The highest BCUT2D eigenvalue weighted by atomic mass is 32.2. The summed E-state index contributed by atoms with van der Waals surface area (Å²) in [6, 6.07) is 5.73. The normalized spacial score (nSPS) is 12.7. The Balaban J connectivity index is 3.04. The van der Waals surface area contributed by atoms with Crippen LogP contribution in [0.15, 0.2) is 40.1 Å². The van der Waals surface area contributed by atoms with Gasteiger partial charge in [0.15, 0.2) is 0 Å². The van der Waals surface area contributed by atoms with Crippen molar-refractivity contribution in [3.63, 3.8) is 0 Å². The lowest BCUT2D eigenvalue weighted by Gasteiger charge is -2.08. The first-order valence-corrected chi connectivity index (χ1v) is 7.69. The molecule has 19 heavy (non-hydrogen) atoms. The van der Waals surface area contributed by atoms with Gasteiger partial charge in [0.25, 0.3) is 20.2 Å². The fourth-order valence-electron chi connectivity index (χ4n) is 1.67. The summed E-state index contributed by atoms with van der Waals surface area (Å²) in [6.45, 7) is 0. The molecule has 3 N–H and O–H groups in total. The third-order valence-corrected chi connectivity index (χ3v) is 4.39. The van der Waals surface area contributed by atoms with Crippen LogP contribution in [-0.4, -0.2) is 31.0 Å². The summed E-state index contributed by atoms with van der Waals surface area (Å²) in [7, 11) is -9.72. The van der Waals surface area contributed by atoms with E-state index in [-0.39, 0.29) is 16.5 Å². The van der Waals surface area contributed by atoms with E-state index >= 15 is 0 Å². The van der Waals surface area contributed by atoms with Gasteiger partial charge in [-0.25, -0.2) is 0 Å². The third-order valence-electron chi connectivity index (χ3n) is 2.48. The number of phenols is 1. The minimum absolute atomic E-state index is 0.0301. The Morgan fingerprint density at radius 1 is 0.842 bits per heavy atom. The number of phenolic OH excluding ortho intramolecular Hbond substituents is 1. The lowest BCUT2D eigenvalue weighted by atomic mass is 10.1. The Morgan fingerprint density at radius 2 is 1.37 bits per heavy atom. The zero-order chi connectivity index (χ0) is 14.4. The fraction of sp³-hybridized carbons (Fsp3) is 0. The molecule has 0 saturated carbocycles. The van der Waals surface area contributed by atoms with E-state index in [0.717, 1.165) is 12.1 Å². The Morgan fingerprint density at radius 3 is 1.89 bits per heavy atom. The first-order chi connectivity index (χ1) is 8.60. The predicted molar refractivity (Wildman–Crippen MR) is 65.2 cm³/mol. The lowest BCUT2D eigenvalue weighted by molar-refractivity contribution is 0.466. The van der Waals surface area contributed by atoms with Gasteiger partial charge in [-0.3, -0.25) is 9.11 Å². The average molecular weight is 304 g/mol. The first kappa shape index (κ1) is 13.7. The van der Waals surface area contributed by atoms with Gasteiger partial charge in [0, 0.05) is 5.39 Å². The third kappa shape index (κ3) is 2.54. The van der Waals surface area contributed by atoms with Crippen molar-refractivity contribution in [3.8, 4) is 5.75 Å². The van der Waals surface area contributed by atoms with Crippen LogP contribution in [0, 0.1) is 0 Å². The minimum atomic E-state index is -4.88. The molecule has 7 nitrogen and oxygen atoms in total. The number of hydrogen-bond acceptors (Lipinski definition) is 5. The van der Waals surface area contributed by atoms with Crippen molar-refractivity contribution in [1.29, 1.82) is 0 Å². The summed E-state index contributed by atoms with van der Waals surface area (Å²) in [5, 5.41) is 9.79. The number of benzene rings is 2. The van der Waals surface area contributed by atoms with Gasteiger partial charge in [0.05, 0.1) is 0 Å². The largest absolute Gasteiger partial charge is 0.507 e. The fourth-order valence-corrected chi connectivity index (χ4v) is 3.47. The Bertz CT molecular complexity index is 866. The molecule has 0 radical (unpaired) electrons. The first-order valence-electron chi connectivity index (χ1n) is 4.81. The van der Waals surface area contributed by atoms with Crippen LogP contribution in [-0.2, 0) is 20.2 Å². The van der Waals surface area contributed by atoms with Crippen LogP contribution in [0.1, 0.15) is 0 Å². The van der Waals surface area contributed by atoms with Gasteiger partial charge in [-0.05, 0) is 23.6 Å². The zero-order valence-electron chi connectivity index (χ0n) is 9.18. The molecule has 0 atom stereocenters. The second-order valence-corrected chi connectivity index (χ2v) is 6.53. The summed E-state index contributed by atoms with van der Waals surface area (Å²) >= 11 is 0. The molecule has 0 amide bonds. The molecule has 0 aromatic heterocycles. The molecule has 102 valence electrons. The second kappa shape index (κ2) is 4.17. The monoisotopic (exact) mass is 304 g/mol. The number of aromatic hydroxyl groups is 1. The molecule has 0 heterocycles. The van der Waals surface area contributed by atoms with Crippen LogP contribution in [0.3, 0.4) is 0 Å². The topological polar surface area (TPSA) is 129 Å². The van der Waals surface area contributed by atoms with E-state index in [1.54, 1.807) is 0 Å². The molecule has 0 saturated heterocycles. The van der Waals surface area contributed by atoms with Crippen molar-refractivity contribution >= 4 is 31.0 Å². The van der Waals surface area contributed by atoms with Crippen molar-refractivity contribution in [2.45, 2.75) is 9.79 Å². The molecule has 2 rings (SSSR count). The van der Waals surface area contributed by atoms with E-state index < -0.39 is 30.0 Å². The highest BCUT2D eigenvalue weighted by Gasteiger charge is 2.25. The lowest BCUT2D eigenvalue weighted by Crippen LogP contribution is -2.08. The average Bonchev–Trinajstić information content (AvgIpc) is 2.25. The van der Waals surface area contributed by atoms with Crippen molar-refractivity contribution in [1.82, 2.24) is 0 Å². The standard InChI is InChI=1S/C10H8O7S2/c11-8-3-1-2-6-4-9(18(12,13)14)10(5-7(6)8)19(15,16)17/h1-5,11H,(H,12,13,14)(H,15,16,17). The summed E-state index contributed by atoms with van der Waals surface area (Å²) in [4.78, 5) is -1.95.